The molecule has 0 spiro atoms. The van der Waals surface area contributed by atoms with Crippen LogP contribution in [0, 0.1) is 0 Å². The molecular formula is C14H14ClN7. The van der Waals surface area contributed by atoms with Crippen LogP contribution in [0.5, 0.6) is 0 Å². The summed E-state index contributed by atoms with van der Waals surface area (Å²) in [6, 6.07) is 9.62. The highest BCUT2D eigenvalue weighted by Crippen LogP contribution is 2.26. The first kappa shape index (κ1) is 14.3. The number of aromatic nitrogens is 5. The topological polar surface area (TPSA) is 94.5 Å². The second-order valence-corrected chi connectivity index (χ2v) is 5.09. The molecule has 3 aromatic rings. The van der Waals surface area contributed by atoms with Crippen molar-refractivity contribution in [1.29, 1.82) is 0 Å². The molecular weight excluding hydrogens is 302 g/mol. The third-order valence-electron chi connectivity index (χ3n) is 3.15. The van der Waals surface area contributed by atoms with Gasteiger partial charge in [-0.15, -0.1) is 5.10 Å². The predicted octanol–water partition coefficient (Wildman–Crippen LogP) is 2.47. The van der Waals surface area contributed by atoms with Gasteiger partial charge in [-0.2, -0.15) is 0 Å². The van der Waals surface area contributed by atoms with Gasteiger partial charge in [0.15, 0.2) is 5.82 Å². The SMILES string of the molecule is CC(Nc1ncnc(N)c1Cl)c1cn(-c2ccccc2)nn1. The standard InChI is InChI=1S/C14H14ClN7/c1-9(19-14-12(15)13(16)17-8-18-14)11-7-22(21-20-11)10-5-3-2-4-6-10/h2-9H,1H3,(H3,16,17,18,19). The Balaban J connectivity index is 1.80. The zero-order valence-corrected chi connectivity index (χ0v) is 12.6. The van der Waals surface area contributed by atoms with E-state index in [0.717, 1.165) is 11.4 Å². The van der Waals surface area contributed by atoms with Gasteiger partial charge in [0.05, 0.1) is 17.9 Å². The number of rotatable bonds is 4. The lowest BCUT2D eigenvalue weighted by molar-refractivity contribution is 0.779. The van der Waals surface area contributed by atoms with Gasteiger partial charge < -0.3 is 11.1 Å². The summed E-state index contributed by atoms with van der Waals surface area (Å²) in [6.45, 7) is 1.94. The summed E-state index contributed by atoms with van der Waals surface area (Å²) in [5.74, 6) is 0.704. The highest BCUT2D eigenvalue weighted by Gasteiger charge is 2.14. The zero-order valence-electron chi connectivity index (χ0n) is 11.8. The maximum atomic E-state index is 6.07. The molecule has 0 radical (unpaired) electrons. The largest absolute Gasteiger partial charge is 0.382 e. The van der Waals surface area contributed by atoms with Crippen molar-refractivity contribution in [3.63, 3.8) is 0 Å². The van der Waals surface area contributed by atoms with E-state index in [1.165, 1.54) is 6.33 Å². The smallest absolute Gasteiger partial charge is 0.150 e. The van der Waals surface area contributed by atoms with Crippen molar-refractivity contribution in [1.82, 2.24) is 25.0 Å². The molecule has 0 bridgehead atoms. The van der Waals surface area contributed by atoms with E-state index in [1.54, 1.807) is 4.68 Å². The summed E-state index contributed by atoms with van der Waals surface area (Å²) in [5.41, 5.74) is 7.36. The van der Waals surface area contributed by atoms with Crippen LogP contribution >= 0.6 is 11.6 Å². The van der Waals surface area contributed by atoms with Gasteiger partial charge in [-0.3, -0.25) is 0 Å². The Hall–Kier alpha value is -2.67. The lowest BCUT2D eigenvalue weighted by Gasteiger charge is -2.13. The number of para-hydroxylation sites is 1. The fraction of sp³-hybridized carbons (Fsp3) is 0.143. The summed E-state index contributed by atoms with van der Waals surface area (Å²) in [5, 5.41) is 11.7. The Morgan fingerprint density at radius 3 is 2.77 bits per heavy atom. The van der Waals surface area contributed by atoms with E-state index in [9.17, 15) is 0 Å². The number of nitrogens with zero attached hydrogens (tertiary/aromatic N) is 5. The van der Waals surface area contributed by atoms with E-state index in [4.69, 9.17) is 17.3 Å². The van der Waals surface area contributed by atoms with Gasteiger partial charge in [-0.05, 0) is 19.1 Å². The average molecular weight is 316 g/mol. The minimum Gasteiger partial charge on any atom is -0.382 e. The first-order chi connectivity index (χ1) is 10.6. The van der Waals surface area contributed by atoms with Gasteiger partial charge >= 0.3 is 0 Å². The molecule has 2 heterocycles. The highest BCUT2D eigenvalue weighted by atomic mass is 35.5. The van der Waals surface area contributed by atoms with Gasteiger partial charge in [0.25, 0.3) is 0 Å². The number of benzene rings is 1. The molecule has 1 aromatic carbocycles. The van der Waals surface area contributed by atoms with Crippen LogP contribution in [0.3, 0.4) is 0 Å². The van der Waals surface area contributed by atoms with Gasteiger partial charge in [0.2, 0.25) is 0 Å². The fourth-order valence-corrected chi connectivity index (χ4v) is 2.10. The minimum atomic E-state index is -0.135. The number of hydrogen-bond donors (Lipinski definition) is 2. The van der Waals surface area contributed by atoms with Crippen LogP contribution < -0.4 is 11.1 Å². The molecule has 22 heavy (non-hydrogen) atoms. The highest BCUT2D eigenvalue weighted by molar-refractivity contribution is 6.35. The number of nitrogen functional groups attached to an aromatic ring is 1. The van der Waals surface area contributed by atoms with Gasteiger partial charge in [-0.25, -0.2) is 14.6 Å². The molecule has 0 aliphatic carbocycles. The van der Waals surface area contributed by atoms with Crippen LogP contribution in [0.2, 0.25) is 5.02 Å². The van der Waals surface area contributed by atoms with E-state index in [1.807, 2.05) is 43.5 Å². The van der Waals surface area contributed by atoms with Crippen molar-refractivity contribution in [2.75, 3.05) is 11.1 Å². The monoisotopic (exact) mass is 315 g/mol. The lowest BCUT2D eigenvalue weighted by Crippen LogP contribution is -2.10. The van der Waals surface area contributed by atoms with Gasteiger partial charge in [0.1, 0.15) is 22.9 Å². The van der Waals surface area contributed by atoms with Crippen LogP contribution in [0.15, 0.2) is 42.9 Å². The van der Waals surface area contributed by atoms with Crippen LogP contribution in [0.25, 0.3) is 5.69 Å². The van der Waals surface area contributed by atoms with E-state index < -0.39 is 0 Å². The quantitative estimate of drug-likeness (QED) is 0.768. The zero-order chi connectivity index (χ0) is 15.5. The van der Waals surface area contributed by atoms with Gasteiger partial charge in [0, 0.05) is 0 Å². The molecule has 0 aliphatic rings. The number of hydrogen-bond acceptors (Lipinski definition) is 6. The Bertz CT molecular complexity index is 772. The van der Waals surface area contributed by atoms with Crippen LogP contribution in [0.4, 0.5) is 11.6 Å². The normalized spacial score (nSPS) is 12.1. The maximum absolute atomic E-state index is 6.07. The molecule has 1 unspecified atom stereocenters. The summed E-state index contributed by atoms with van der Waals surface area (Å²) < 4.78 is 1.71. The fourth-order valence-electron chi connectivity index (χ4n) is 1.95. The molecule has 0 saturated carbocycles. The van der Waals surface area contributed by atoms with Crippen LogP contribution in [-0.4, -0.2) is 25.0 Å². The van der Waals surface area contributed by atoms with Crippen molar-refractivity contribution in [2.45, 2.75) is 13.0 Å². The second kappa shape index (κ2) is 5.98. The van der Waals surface area contributed by atoms with Gasteiger partial charge in [-0.1, -0.05) is 35.0 Å². The first-order valence-corrected chi connectivity index (χ1v) is 7.03. The minimum absolute atomic E-state index is 0.135. The van der Waals surface area contributed by atoms with E-state index in [2.05, 4.69) is 25.6 Å². The van der Waals surface area contributed by atoms with E-state index in [-0.39, 0.29) is 11.9 Å². The lowest BCUT2D eigenvalue weighted by atomic mass is 10.2. The average Bonchev–Trinajstić information content (AvgIpc) is 3.03. The van der Waals surface area contributed by atoms with Crippen molar-refractivity contribution in [3.8, 4) is 5.69 Å². The molecule has 0 fully saturated rings. The number of halogens is 1. The molecule has 112 valence electrons. The number of nitrogens with one attached hydrogen (secondary N) is 1. The molecule has 1 atom stereocenters. The number of anilines is 2. The summed E-state index contributed by atoms with van der Waals surface area (Å²) >= 11 is 6.07. The second-order valence-electron chi connectivity index (χ2n) is 4.71. The van der Waals surface area contributed by atoms with Crippen molar-refractivity contribution >= 4 is 23.2 Å². The molecule has 0 aliphatic heterocycles. The van der Waals surface area contributed by atoms with Crippen LogP contribution in [-0.2, 0) is 0 Å². The molecule has 8 heteroatoms. The number of nitrogens with two attached hydrogens (primary N) is 1. The van der Waals surface area contributed by atoms with Crippen molar-refractivity contribution < 1.29 is 0 Å². The first-order valence-electron chi connectivity index (χ1n) is 6.65. The third-order valence-corrected chi connectivity index (χ3v) is 3.52. The Morgan fingerprint density at radius 1 is 1.23 bits per heavy atom. The Labute approximate surface area is 132 Å². The van der Waals surface area contributed by atoms with Crippen molar-refractivity contribution in [3.05, 3.63) is 53.6 Å². The summed E-state index contributed by atoms with van der Waals surface area (Å²) in [7, 11) is 0. The maximum Gasteiger partial charge on any atom is 0.150 e. The van der Waals surface area contributed by atoms with Crippen LogP contribution in [0.1, 0.15) is 18.7 Å². The van der Waals surface area contributed by atoms with Crippen molar-refractivity contribution in [2.24, 2.45) is 0 Å². The summed E-state index contributed by atoms with van der Waals surface area (Å²) in [6.07, 6.45) is 3.21. The van der Waals surface area contributed by atoms with E-state index >= 15 is 0 Å². The molecule has 3 rings (SSSR count). The predicted molar refractivity (Wildman–Crippen MR) is 84.9 cm³/mol. The summed E-state index contributed by atoms with van der Waals surface area (Å²) in [4.78, 5) is 7.91. The molecule has 7 nitrogen and oxygen atoms in total. The Kier molecular flexibility index (Phi) is 3.88. The molecule has 0 amide bonds. The molecule has 3 N–H and O–H groups in total. The molecule has 0 saturated heterocycles. The molecule has 2 aromatic heterocycles. The third kappa shape index (κ3) is 2.84. The van der Waals surface area contributed by atoms with E-state index in [0.29, 0.717) is 10.8 Å². The Morgan fingerprint density at radius 2 is 2.00 bits per heavy atom.